The Labute approximate surface area is 122 Å². The summed E-state index contributed by atoms with van der Waals surface area (Å²) in [5.41, 5.74) is 1.29. The van der Waals surface area contributed by atoms with Gasteiger partial charge in [0, 0.05) is 29.8 Å². The molecule has 0 bridgehead atoms. The molecule has 2 atom stereocenters. The van der Waals surface area contributed by atoms with E-state index in [0.29, 0.717) is 6.04 Å². The van der Waals surface area contributed by atoms with E-state index < -0.39 is 0 Å². The van der Waals surface area contributed by atoms with Crippen molar-refractivity contribution in [2.45, 2.75) is 26.3 Å². The summed E-state index contributed by atoms with van der Waals surface area (Å²) in [6, 6.07) is 8.85. The summed E-state index contributed by atoms with van der Waals surface area (Å²) in [6.45, 7) is 6.95. The van der Waals surface area contributed by atoms with Crippen LogP contribution in [0.25, 0.3) is 0 Å². The zero-order valence-corrected chi connectivity index (χ0v) is 13.2. The lowest BCUT2D eigenvalue weighted by Gasteiger charge is -2.44. The molecule has 0 saturated carbocycles. The first kappa shape index (κ1) is 14.7. The van der Waals surface area contributed by atoms with E-state index in [1.807, 2.05) is 12.1 Å². The van der Waals surface area contributed by atoms with E-state index in [9.17, 15) is 0 Å². The van der Waals surface area contributed by atoms with Crippen LogP contribution in [0.5, 0.6) is 0 Å². The van der Waals surface area contributed by atoms with E-state index in [2.05, 4.69) is 49.9 Å². The summed E-state index contributed by atoms with van der Waals surface area (Å²) >= 11 is 5.97. The molecule has 0 spiro atoms. The standard InChI is InChI=1S/C16H25ClN2/c1-12(2)15-9-10-19(11-16(15)18(3)4)14-7-5-13(17)6-8-14/h5-8,12,15-16H,9-11H2,1-4H3. The Balaban J connectivity index is 2.12. The number of hydrogen-bond donors (Lipinski definition) is 0. The molecular weight excluding hydrogens is 256 g/mol. The second kappa shape index (κ2) is 6.15. The molecule has 106 valence electrons. The number of rotatable bonds is 3. The Hall–Kier alpha value is -0.730. The molecule has 1 aliphatic heterocycles. The molecule has 3 heteroatoms. The van der Waals surface area contributed by atoms with Gasteiger partial charge in [-0.05, 0) is 56.6 Å². The molecule has 1 saturated heterocycles. The predicted molar refractivity (Wildman–Crippen MR) is 84.1 cm³/mol. The third-order valence-corrected chi connectivity index (χ3v) is 4.60. The highest BCUT2D eigenvalue weighted by molar-refractivity contribution is 6.30. The maximum absolute atomic E-state index is 5.97. The lowest BCUT2D eigenvalue weighted by Crippen LogP contribution is -2.51. The topological polar surface area (TPSA) is 6.48 Å². The molecule has 2 rings (SSSR count). The van der Waals surface area contributed by atoms with Gasteiger partial charge in [-0.1, -0.05) is 25.4 Å². The normalized spacial score (nSPS) is 24.3. The van der Waals surface area contributed by atoms with Gasteiger partial charge in [0.05, 0.1) is 0 Å². The second-order valence-electron chi connectivity index (χ2n) is 6.15. The summed E-state index contributed by atoms with van der Waals surface area (Å²) in [5.74, 6) is 1.54. The van der Waals surface area contributed by atoms with Crippen LogP contribution < -0.4 is 4.90 Å². The van der Waals surface area contributed by atoms with Crippen molar-refractivity contribution in [1.82, 2.24) is 4.90 Å². The smallest absolute Gasteiger partial charge is 0.0407 e. The van der Waals surface area contributed by atoms with Gasteiger partial charge < -0.3 is 9.80 Å². The van der Waals surface area contributed by atoms with Crippen LogP contribution in [0.3, 0.4) is 0 Å². The highest BCUT2D eigenvalue weighted by Gasteiger charge is 2.32. The Bertz CT molecular complexity index is 400. The SMILES string of the molecule is CC(C)C1CCN(c2ccc(Cl)cc2)CC1N(C)C. The average Bonchev–Trinajstić information content (AvgIpc) is 2.38. The molecule has 0 N–H and O–H groups in total. The van der Waals surface area contributed by atoms with Crippen LogP contribution in [-0.2, 0) is 0 Å². The molecule has 1 aromatic carbocycles. The number of benzene rings is 1. The van der Waals surface area contributed by atoms with Gasteiger partial charge in [0.25, 0.3) is 0 Å². The van der Waals surface area contributed by atoms with Crippen LogP contribution >= 0.6 is 11.6 Å². The van der Waals surface area contributed by atoms with Gasteiger partial charge in [-0.15, -0.1) is 0 Å². The summed E-state index contributed by atoms with van der Waals surface area (Å²) in [6.07, 6.45) is 1.27. The number of anilines is 1. The van der Waals surface area contributed by atoms with Crippen molar-refractivity contribution in [2.75, 3.05) is 32.1 Å². The van der Waals surface area contributed by atoms with Crippen molar-refractivity contribution >= 4 is 17.3 Å². The monoisotopic (exact) mass is 280 g/mol. The van der Waals surface area contributed by atoms with E-state index in [0.717, 1.165) is 29.9 Å². The summed E-state index contributed by atoms with van der Waals surface area (Å²) in [5, 5.41) is 0.810. The molecule has 0 aliphatic carbocycles. The Morgan fingerprint density at radius 2 is 1.84 bits per heavy atom. The van der Waals surface area contributed by atoms with Crippen LogP contribution in [0.4, 0.5) is 5.69 Å². The molecular formula is C16H25ClN2. The minimum atomic E-state index is 0.629. The molecule has 0 radical (unpaired) electrons. The van der Waals surface area contributed by atoms with Crippen molar-refractivity contribution < 1.29 is 0 Å². The van der Waals surface area contributed by atoms with Crippen LogP contribution in [0.15, 0.2) is 24.3 Å². The Morgan fingerprint density at radius 1 is 1.21 bits per heavy atom. The fraction of sp³-hybridized carbons (Fsp3) is 0.625. The predicted octanol–water partition coefficient (Wildman–Crippen LogP) is 3.75. The molecule has 19 heavy (non-hydrogen) atoms. The lowest BCUT2D eigenvalue weighted by molar-refractivity contribution is 0.145. The zero-order chi connectivity index (χ0) is 14.0. The van der Waals surface area contributed by atoms with Crippen molar-refractivity contribution in [1.29, 1.82) is 0 Å². The van der Waals surface area contributed by atoms with E-state index >= 15 is 0 Å². The van der Waals surface area contributed by atoms with E-state index in [1.165, 1.54) is 12.1 Å². The van der Waals surface area contributed by atoms with Gasteiger partial charge in [-0.3, -0.25) is 0 Å². The zero-order valence-electron chi connectivity index (χ0n) is 12.4. The summed E-state index contributed by atoms with van der Waals surface area (Å²) < 4.78 is 0. The van der Waals surface area contributed by atoms with Crippen molar-refractivity contribution in [3.63, 3.8) is 0 Å². The number of nitrogens with zero attached hydrogens (tertiary/aromatic N) is 2. The third kappa shape index (κ3) is 3.43. The maximum Gasteiger partial charge on any atom is 0.0407 e. The number of hydrogen-bond acceptors (Lipinski definition) is 2. The average molecular weight is 281 g/mol. The van der Waals surface area contributed by atoms with Gasteiger partial charge in [0.2, 0.25) is 0 Å². The van der Waals surface area contributed by atoms with Crippen molar-refractivity contribution in [3.05, 3.63) is 29.3 Å². The van der Waals surface area contributed by atoms with E-state index in [1.54, 1.807) is 0 Å². The maximum atomic E-state index is 5.97. The van der Waals surface area contributed by atoms with Gasteiger partial charge in [-0.25, -0.2) is 0 Å². The van der Waals surface area contributed by atoms with Gasteiger partial charge in [0.1, 0.15) is 0 Å². The third-order valence-electron chi connectivity index (χ3n) is 4.35. The highest BCUT2D eigenvalue weighted by Crippen LogP contribution is 2.30. The molecule has 2 unspecified atom stereocenters. The molecule has 1 aliphatic rings. The highest BCUT2D eigenvalue weighted by atomic mass is 35.5. The van der Waals surface area contributed by atoms with E-state index in [4.69, 9.17) is 11.6 Å². The first-order chi connectivity index (χ1) is 8.99. The number of likely N-dealkylation sites (N-methyl/N-ethyl adjacent to an activating group) is 1. The van der Waals surface area contributed by atoms with Crippen LogP contribution in [-0.4, -0.2) is 38.1 Å². The molecule has 1 fully saturated rings. The fourth-order valence-corrected chi connectivity index (χ4v) is 3.29. The van der Waals surface area contributed by atoms with E-state index in [-0.39, 0.29) is 0 Å². The Morgan fingerprint density at radius 3 is 2.37 bits per heavy atom. The van der Waals surface area contributed by atoms with Gasteiger partial charge >= 0.3 is 0 Å². The molecule has 0 amide bonds. The largest absolute Gasteiger partial charge is 0.370 e. The first-order valence-corrected chi connectivity index (χ1v) is 7.53. The van der Waals surface area contributed by atoms with Crippen LogP contribution in [0.1, 0.15) is 20.3 Å². The van der Waals surface area contributed by atoms with Gasteiger partial charge in [-0.2, -0.15) is 0 Å². The van der Waals surface area contributed by atoms with Crippen LogP contribution in [0.2, 0.25) is 5.02 Å². The Kier molecular flexibility index (Phi) is 4.75. The summed E-state index contributed by atoms with van der Waals surface area (Å²) in [4.78, 5) is 4.87. The summed E-state index contributed by atoms with van der Waals surface area (Å²) in [7, 11) is 4.40. The fourth-order valence-electron chi connectivity index (χ4n) is 3.16. The quantitative estimate of drug-likeness (QED) is 0.832. The first-order valence-electron chi connectivity index (χ1n) is 7.16. The van der Waals surface area contributed by atoms with Crippen molar-refractivity contribution in [2.24, 2.45) is 11.8 Å². The van der Waals surface area contributed by atoms with Gasteiger partial charge in [0.15, 0.2) is 0 Å². The molecule has 2 nitrogen and oxygen atoms in total. The number of piperidine rings is 1. The number of halogens is 1. The lowest BCUT2D eigenvalue weighted by atomic mass is 9.82. The van der Waals surface area contributed by atoms with Crippen molar-refractivity contribution in [3.8, 4) is 0 Å². The van der Waals surface area contributed by atoms with Crippen LogP contribution in [0, 0.1) is 11.8 Å². The molecule has 1 aromatic rings. The molecule has 0 aromatic heterocycles. The molecule has 1 heterocycles. The minimum Gasteiger partial charge on any atom is -0.370 e. The minimum absolute atomic E-state index is 0.629. The second-order valence-corrected chi connectivity index (χ2v) is 6.59.